The minimum absolute atomic E-state index is 0.333. The van der Waals surface area contributed by atoms with Crippen molar-refractivity contribution in [2.24, 2.45) is 0 Å². The van der Waals surface area contributed by atoms with Crippen LogP contribution in [0, 0.1) is 19.1 Å². The molecule has 1 aromatic rings. The van der Waals surface area contributed by atoms with Gasteiger partial charge in [0.25, 0.3) is 5.26 Å². The van der Waals surface area contributed by atoms with E-state index in [1.54, 1.807) is 6.92 Å². The molecule has 1 heterocycles. The predicted octanol–water partition coefficient (Wildman–Crippen LogP) is 1.90. The SMILES string of the molecule is Cc1nc(F)sc1C. The largest absolute Gasteiger partial charge is 0.269 e. The van der Waals surface area contributed by atoms with Crippen molar-refractivity contribution in [2.45, 2.75) is 13.8 Å². The van der Waals surface area contributed by atoms with Crippen molar-refractivity contribution >= 4 is 11.3 Å². The lowest BCUT2D eigenvalue weighted by molar-refractivity contribution is 0.614. The lowest BCUT2D eigenvalue weighted by Gasteiger charge is -1.76. The summed E-state index contributed by atoms with van der Waals surface area (Å²) < 4.78 is 12.1. The van der Waals surface area contributed by atoms with Crippen molar-refractivity contribution in [2.75, 3.05) is 0 Å². The maximum Gasteiger partial charge on any atom is 0.269 e. The number of thiazole rings is 1. The van der Waals surface area contributed by atoms with E-state index in [2.05, 4.69) is 4.98 Å². The fourth-order valence-electron chi connectivity index (χ4n) is 0.434. The smallest absolute Gasteiger partial charge is 0.215 e. The zero-order valence-electron chi connectivity index (χ0n) is 4.73. The quantitative estimate of drug-likeness (QED) is 0.524. The van der Waals surface area contributed by atoms with E-state index >= 15 is 0 Å². The summed E-state index contributed by atoms with van der Waals surface area (Å²) in [4.78, 5) is 4.52. The average molecular weight is 131 g/mol. The third kappa shape index (κ3) is 0.865. The second-order valence-electron chi connectivity index (χ2n) is 1.61. The first-order chi connectivity index (χ1) is 3.70. The third-order valence-corrected chi connectivity index (χ3v) is 1.86. The average Bonchev–Trinajstić information content (AvgIpc) is 1.85. The summed E-state index contributed by atoms with van der Waals surface area (Å²) in [5.74, 6) is 0. The summed E-state index contributed by atoms with van der Waals surface area (Å²) in [6, 6.07) is 0. The minimum atomic E-state index is -0.333. The maximum absolute atomic E-state index is 12.1. The topological polar surface area (TPSA) is 12.9 Å². The fraction of sp³-hybridized carbons (Fsp3) is 0.400. The molecule has 0 atom stereocenters. The van der Waals surface area contributed by atoms with Gasteiger partial charge in [-0.3, -0.25) is 0 Å². The standard InChI is InChI=1S/C5H6FNS/c1-3-4(2)8-5(6)7-3/h1-2H3. The molecule has 0 N–H and O–H groups in total. The monoisotopic (exact) mass is 131 g/mol. The van der Waals surface area contributed by atoms with Gasteiger partial charge in [-0.05, 0) is 13.8 Å². The van der Waals surface area contributed by atoms with Crippen molar-refractivity contribution in [3.8, 4) is 0 Å². The van der Waals surface area contributed by atoms with Crippen LogP contribution in [0.4, 0.5) is 4.39 Å². The van der Waals surface area contributed by atoms with Gasteiger partial charge in [-0.15, -0.1) is 0 Å². The van der Waals surface area contributed by atoms with E-state index in [0.717, 1.165) is 21.9 Å². The van der Waals surface area contributed by atoms with Crippen LogP contribution in [0.25, 0.3) is 0 Å². The summed E-state index contributed by atoms with van der Waals surface area (Å²) in [5.41, 5.74) is 0.799. The second-order valence-corrected chi connectivity index (χ2v) is 2.76. The van der Waals surface area contributed by atoms with Gasteiger partial charge >= 0.3 is 0 Å². The maximum atomic E-state index is 12.1. The Morgan fingerprint density at radius 1 is 1.50 bits per heavy atom. The molecule has 0 amide bonds. The van der Waals surface area contributed by atoms with E-state index in [9.17, 15) is 4.39 Å². The molecule has 1 nitrogen and oxygen atoms in total. The number of aromatic nitrogens is 1. The third-order valence-electron chi connectivity index (χ3n) is 1.00. The number of hydrogen-bond donors (Lipinski definition) is 0. The van der Waals surface area contributed by atoms with Crippen molar-refractivity contribution in [3.63, 3.8) is 0 Å². The van der Waals surface area contributed by atoms with E-state index in [1.165, 1.54) is 0 Å². The number of aryl methyl sites for hydroxylation is 2. The molecule has 0 radical (unpaired) electrons. The first-order valence-corrected chi connectivity index (χ1v) is 3.11. The van der Waals surface area contributed by atoms with Gasteiger partial charge in [-0.2, -0.15) is 4.39 Å². The number of nitrogens with zero attached hydrogens (tertiary/aromatic N) is 1. The van der Waals surface area contributed by atoms with Crippen molar-refractivity contribution in [1.29, 1.82) is 0 Å². The van der Waals surface area contributed by atoms with Crippen LogP contribution < -0.4 is 0 Å². The van der Waals surface area contributed by atoms with Gasteiger partial charge in [-0.25, -0.2) is 4.98 Å². The Bertz CT molecular complexity index is 175. The summed E-state index contributed by atoms with van der Waals surface area (Å²) in [6.07, 6.45) is 0. The summed E-state index contributed by atoms with van der Waals surface area (Å²) in [5, 5.41) is -0.333. The molecular weight excluding hydrogens is 125 g/mol. The Morgan fingerprint density at radius 3 is 2.25 bits per heavy atom. The highest BCUT2D eigenvalue weighted by Crippen LogP contribution is 2.13. The van der Waals surface area contributed by atoms with E-state index in [1.807, 2.05) is 6.92 Å². The van der Waals surface area contributed by atoms with E-state index in [4.69, 9.17) is 0 Å². The van der Waals surface area contributed by atoms with Gasteiger partial charge in [0.1, 0.15) is 0 Å². The molecule has 0 aliphatic carbocycles. The Morgan fingerprint density at radius 2 is 2.12 bits per heavy atom. The Hall–Kier alpha value is -0.440. The van der Waals surface area contributed by atoms with Crippen LogP contribution in [0.3, 0.4) is 0 Å². The summed E-state index contributed by atoms with van der Waals surface area (Å²) in [6.45, 7) is 3.66. The van der Waals surface area contributed by atoms with Crippen LogP contribution in [0.15, 0.2) is 0 Å². The highest BCUT2D eigenvalue weighted by molar-refractivity contribution is 7.10. The second kappa shape index (κ2) is 1.82. The molecule has 0 aliphatic heterocycles. The molecule has 0 fully saturated rings. The lowest BCUT2D eigenvalue weighted by Crippen LogP contribution is -1.71. The van der Waals surface area contributed by atoms with Crippen LogP contribution in [-0.4, -0.2) is 4.98 Å². The first-order valence-electron chi connectivity index (χ1n) is 2.29. The van der Waals surface area contributed by atoms with Crippen LogP contribution in [0.2, 0.25) is 0 Å². The molecule has 0 spiro atoms. The molecule has 0 saturated heterocycles. The van der Waals surface area contributed by atoms with Gasteiger partial charge in [0.2, 0.25) is 0 Å². The number of rotatable bonds is 0. The number of hydrogen-bond acceptors (Lipinski definition) is 2. The molecule has 0 bridgehead atoms. The molecule has 0 unspecified atom stereocenters. The molecule has 0 saturated carbocycles. The Kier molecular flexibility index (Phi) is 1.29. The Balaban J connectivity index is 3.14. The van der Waals surface area contributed by atoms with Gasteiger partial charge in [0.15, 0.2) is 0 Å². The first kappa shape index (κ1) is 5.69. The molecule has 8 heavy (non-hydrogen) atoms. The molecule has 0 aromatic carbocycles. The fourth-order valence-corrected chi connectivity index (χ4v) is 1.06. The predicted molar refractivity (Wildman–Crippen MR) is 31.5 cm³/mol. The highest BCUT2D eigenvalue weighted by Gasteiger charge is 1.99. The molecule has 0 aliphatic rings. The van der Waals surface area contributed by atoms with Gasteiger partial charge < -0.3 is 0 Å². The lowest BCUT2D eigenvalue weighted by atomic mass is 10.4. The van der Waals surface area contributed by atoms with E-state index in [0.29, 0.717) is 0 Å². The molecular formula is C5H6FNS. The van der Waals surface area contributed by atoms with Gasteiger partial charge in [0.05, 0.1) is 5.69 Å². The van der Waals surface area contributed by atoms with Crippen molar-refractivity contribution in [1.82, 2.24) is 4.98 Å². The van der Waals surface area contributed by atoms with Gasteiger partial charge in [-0.1, -0.05) is 11.3 Å². The van der Waals surface area contributed by atoms with Crippen molar-refractivity contribution in [3.05, 3.63) is 15.8 Å². The van der Waals surface area contributed by atoms with E-state index in [-0.39, 0.29) is 5.26 Å². The van der Waals surface area contributed by atoms with Crippen LogP contribution in [0.5, 0.6) is 0 Å². The minimum Gasteiger partial charge on any atom is -0.215 e. The molecule has 3 heteroatoms. The van der Waals surface area contributed by atoms with Crippen LogP contribution in [-0.2, 0) is 0 Å². The molecule has 1 rings (SSSR count). The van der Waals surface area contributed by atoms with Gasteiger partial charge in [0, 0.05) is 4.88 Å². The Labute approximate surface area is 51.2 Å². The molecule has 1 aromatic heterocycles. The normalized spacial score (nSPS) is 9.88. The van der Waals surface area contributed by atoms with Crippen molar-refractivity contribution < 1.29 is 4.39 Å². The zero-order valence-corrected chi connectivity index (χ0v) is 5.55. The summed E-state index contributed by atoms with van der Waals surface area (Å²) in [7, 11) is 0. The van der Waals surface area contributed by atoms with Crippen LogP contribution >= 0.6 is 11.3 Å². The summed E-state index contributed by atoms with van der Waals surface area (Å²) >= 11 is 1.09. The van der Waals surface area contributed by atoms with E-state index < -0.39 is 0 Å². The highest BCUT2D eigenvalue weighted by atomic mass is 32.1. The number of halogens is 1. The zero-order chi connectivity index (χ0) is 6.15. The molecule has 44 valence electrons. The van der Waals surface area contributed by atoms with Crippen LogP contribution in [0.1, 0.15) is 10.6 Å².